The van der Waals surface area contributed by atoms with Crippen molar-refractivity contribution in [2.75, 3.05) is 13.2 Å². The number of carbonyl (C=O) groups excluding carboxylic acids is 2. The van der Waals surface area contributed by atoms with Gasteiger partial charge in [-0.2, -0.15) is 0 Å². The molecule has 15 heavy (non-hydrogen) atoms. The van der Waals surface area contributed by atoms with E-state index in [-0.39, 0.29) is 6.10 Å². The molecule has 0 spiro atoms. The lowest BCUT2D eigenvalue weighted by Gasteiger charge is -2.21. The van der Waals surface area contributed by atoms with Crippen LogP contribution >= 0.6 is 0 Å². The van der Waals surface area contributed by atoms with E-state index in [2.05, 4.69) is 4.74 Å². The minimum atomic E-state index is -0.810. The molecule has 0 aromatic heterocycles. The van der Waals surface area contributed by atoms with Crippen LogP contribution in [0.4, 0.5) is 0 Å². The van der Waals surface area contributed by atoms with Gasteiger partial charge >= 0.3 is 11.9 Å². The normalized spacial score (nSPS) is 17.1. The molecule has 0 saturated heterocycles. The third-order valence-electron chi connectivity index (χ3n) is 2.33. The fraction of sp³-hybridized carbons (Fsp3) is 0.800. The van der Waals surface area contributed by atoms with Gasteiger partial charge in [0.1, 0.15) is 12.7 Å². The molecule has 5 heteroatoms. The second kappa shape index (κ2) is 6.40. The highest BCUT2D eigenvalue weighted by Crippen LogP contribution is 2.20. The van der Waals surface area contributed by atoms with Gasteiger partial charge in [-0.15, -0.1) is 0 Å². The Morgan fingerprint density at radius 2 is 1.80 bits per heavy atom. The molecule has 1 aliphatic carbocycles. The first-order valence-corrected chi connectivity index (χ1v) is 5.18. The van der Waals surface area contributed by atoms with Crippen molar-refractivity contribution in [3.8, 4) is 0 Å². The van der Waals surface area contributed by atoms with Crippen molar-refractivity contribution >= 4 is 11.9 Å². The third-order valence-corrected chi connectivity index (χ3v) is 2.33. The molecule has 1 rings (SSSR count). The summed E-state index contributed by atoms with van der Waals surface area (Å²) < 4.78 is 9.52. The van der Waals surface area contributed by atoms with Crippen LogP contribution in [-0.2, 0) is 19.1 Å². The highest BCUT2D eigenvalue weighted by Gasteiger charge is 2.18. The summed E-state index contributed by atoms with van der Waals surface area (Å²) in [5.41, 5.74) is 0. The zero-order valence-corrected chi connectivity index (χ0v) is 8.61. The summed E-state index contributed by atoms with van der Waals surface area (Å²) in [6.45, 7) is -1.12. The standard InChI is InChI=1S/C10H16O5/c11-6-9(12)14-7-10(13)15-8-4-2-1-3-5-8/h8,11H,1-7H2. The lowest BCUT2D eigenvalue weighted by atomic mass is 9.98. The summed E-state index contributed by atoms with van der Waals surface area (Å²) >= 11 is 0. The number of ether oxygens (including phenoxy) is 2. The van der Waals surface area contributed by atoms with Crippen LogP contribution in [0.3, 0.4) is 0 Å². The number of hydrogen-bond donors (Lipinski definition) is 1. The molecule has 0 atom stereocenters. The fourth-order valence-corrected chi connectivity index (χ4v) is 1.59. The lowest BCUT2D eigenvalue weighted by Crippen LogP contribution is -2.25. The van der Waals surface area contributed by atoms with Gasteiger partial charge < -0.3 is 14.6 Å². The summed E-state index contributed by atoms with van der Waals surface area (Å²) in [7, 11) is 0. The van der Waals surface area contributed by atoms with Gasteiger partial charge in [-0.3, -0.25) is 0 Å². The summed E-state index contributed by atoms with van der Waals surface area (Å²) in [5.74, 6) is -1.35. The van der Waals surface area contributed by atoms with E-state index in [1.807, 2.05) is 0 Å². The van der Waals surface area contributed by atoms with Crippen molar-refractivity contribution in [1.82, 2.24) is 0 Å². The number of rotatable bonds is 4. The smallest absolute Gasteiger partial charge is 0.344 e. The number of carbonyl (C=O) groups is 2. The molecule has 0 radical (unpaired) electrons. The molecule has 5 nitrogen and oxygen atoms in total. The van der Waals surface area contributed by atoms with E-state index in [1.54, 1.807) is 0 Å². The Bertz CT molecular complexity index is 220. The minimum absolute atomic E-state index is 0.0286. The second-order valence-corrected chi connectivity index (χ2v) is 3.57. The summed E-state index contributed by atoms with van der Waals surface area (Å²) in [4.78, 5) is 21.7. The minimum Gasteiger partial charge on any atom is -0.460 e. The van der Waals surface area contributed by atoms with Crippen molar-refractivity contribution in [2.45, 2.75) is 38.2 Å². The Morgan fingerprint density at radius 3 is 2.40 bits per heavy atom. The molecular weight excluding hydrogens is 200 g/mol. The second-order valence-electron chi connectivity index (χ2n) is 3.57. The summed E-state index contributed by atoms with van der Waals surface area (Å²) in [5, 5.41) is 8.34. The molecule has 0 amide bonds. The average Bonchev–Trinajstić information content (AvgIpc) is 2.27. The monoisotopic (exact) mass is 216 g/mol. The maximum atomic E-state index is 11.2. The van der Waals surface area contributed by atoms with E-state index >= 15 is 0 Å². The number of hydrogen-bond acceptors (Lipinski definition) is 5. The molecule has 0 aromatic rings. The van der Waals surface area contributed by atoms with E-state index < -0.39 is 25.2 Å². The molecular formula is C10H16O5. The summed E-state index contributed by atoms with van der Waals surface area (Å²) in [6.07, 6.45) is 5.09. The first-order chi connectivity index (χ1) is 7.22. The summed E-state index contributed by atoms with van der Waals surface area (Å²) in [6, 6.07) is 0. The first kappa shape index (κ1) is 12.0. The van der Waals surface area contributed by atoms with Gasteiger partial charge in [-0.1, -0.05) is 6.42 Å². The van der Waals surface area contributed by atoms with Gasteiger partial charge in [0.2, 0.25) is 0 Å². The van der Waals surface area contributed by atoms with Crippen molar-refractivity contribution in [1.29, 1.82) is 0 Å². The Kier molecular flexibility index (Phi) is 5.10. The molecule has 0 unspecified atom stereocenters. The number of esters is 2. The largest absolute Gasteiger partial charge is 0.460 e. The molecule has 0 aromatic carbocycles. The topological polar surface area (TPSA) is 72.8 Å². The molecule has 86 valence electrons. The van der Waals surface area contributed by atoms with E-state index in [1.165, 1.54) is 6.42 Å². The Morgan fingerprint density at radius 1 is 1.13 bits per heavy atom. The Balaban J connectivity index is 2.14. The van der Waals surface area contributed by atoms with E-state index in [9.17, 15) is 9.59 Å². The maximum Gasteiger partial charge on any atom is 0.344 e. The van der Waals surface area contributed by atoms with Crippen LogP contribution in [0.15, 0.2) is 0 Å². The average molecular weight is 216 g/mol. The number of aliphatic hydroxyl groups is 1. The van der Waals surface area contributed by atoms with Crippen LogP contribution in [0.5, 0.6) is 0 Å². The van der Waals surface area contributed by atoms with Gasteiger partial charge in [0.05, 0.1) is 0 Å². The predicted octanol–water partition coefficient (Wildman–Crippen LogP) is 0.398. The van der Waals surface area contributed by atoms with Crippen LogP contribution in [-0.4, -0.2) is 36.4 Å². The number of aliphatic hydroxyl groups excluding tert-OH is 1. The molecule has 0 bridgehead atoms. The third kappa shape index (κ3) is 4.78. The zero-order chi connectivity index (χ0) is 11.1. The van der Waals surface area contributed by atoms with Gasteiger partial charge in [0.25, 0.3) is 0 Å². The van der Waals surface area contributed by atoms with Gasteiger partial charge in [0, 0.05) is 0 Å². The molecule has 1 fully saturated rings. The van der Waals surface area contributed by atoms with Crippen LogP contribution in [0.2, 0.25) is 0 Å². The fourth-order valence-electron chi connectivity index (χ4n) is 1.59. The van der Waals surface area contributed by atoms with Gasteiger partial charge in [-0.25, -0.2) is 9.59 Å². The van der Waals surface area contributed by atoms with Crippen molar-refractivity contribution in [2.24, 2.45) is 0 Å². The molecule has 0 heterocycles. The van der Waals surface area contributed by atoms with Crippen LogP contribution < -0.4 is 0 Å². The lowest BCUT2D eigenvalue weighted by molar-refractivity contribution is -0.164. The highest BCUT2D eigenvalue weighted by atomic mass is 16.6. The van der Waals surface area contributed by atoms with Crippen LogP contribution in [0.25, 0.3) is 0 Å². The highest BCUT2D eigenvalue weighted by molar-refractivity contribution is 5.76. The van der Waals surface area contributed by atoms with Crippen LogP contribution in [0, 0.1) is 0 Å². The van der Waals surface area contributed by atoms with Crippen molar-refractivity contribution < 1.29 is 24.2 Å². The SMILES string of the molecule is O=C(CO)OCC(=O)OC1CCCCC1. The van der Waals surface area contributed by atoms with Crippen LogP contribution in [0.1, 0.15) is 32.1 Å². The van der Waals surface area contributed by atoms with Gasteiger partial charge in [0.15, 0.2) is 6.61 Å². The molecule has 1 saturated carbocycles. The molecule has 0 aliphatic heterocycles. The van der Waals surface area contributed by atoms with E-state index in [4.69, 9.17) is 9.84 Å². The predicted molar refractivity (Wildman–Crippen MR) is 51.0 cm³/mol. The Labute approximate surface area is 88.4 Å². The van der Waals surface area contributed by atoms with E-state index in [0.29, 0.717) is 0 Å². The van der Waals surface area contributed by atoms with E-state index in [0.717, 1.165) is 25.7 Å². The Hall–Kier alpha value is -1.10. The molecule has 1 N–H and O–H groups in total. The quantitative estimate of drug-likeness (QED) is 0.688. The first-order valence-electron chi connectivity index (χ1n) is 5.18. The zero-order valence-electron chi connectivity index (χ0n) is 8.61. The molecule has 1 aliphatic rings. The van der Waals surface area contributed by atoms with Crippen molar-refractivity contribution in [3.05, 3.63) is 0 Å². The van der Waals surface area contributed by atoms with Crippen molar-refractivity contribution in [3.63, 3.8) is 0 Å². The maximum absolute atomic E-state index is 11.2. The van der Waals surface area contributed by atoms with Gasteiger partial charge in [-0.05, 0) is 25.7 Å².